The molecule has 0 amide bonds. The Balaban J connectivity index is 1.31. The fourth-order valence-electron chi connectivity index (χ4n) is 7.17. The summed E-state index contributed by atoms with van der Waals surface area (Å²) in [5, 5.41) is 5.44. The normalized spacial score (nSPS) is 15.0. The molecule has 0 saturated carbocycles. The molecule has 1 aromatic heterocycles. The zero-order valence-electron chi connectivity index (χ0n) is 42.3. The van der Waals surface area contributed by atoms with E-state index in [0.717, 1.165) is 49.2 Å². The van der Waals surface area contributed by atoms with Gasteiger partial charge in [-0.2, -0.15) is 0 Å². The Morgan fingerprint density at radius 3 is 1.31 bits per heavy atom. The predicted molar refractivity (Wildman–Crippen MR) is 225 cm³/mol. The van der Waals surface area contributed by atoms with Gasteiger partial charge in [-0.25, -0.2) is 15.0 Å². The summed E-state index contributed by atoms with van der Waals surface area (Å²) in [4.78, 5) is 14.2. The van der Waals surface area contributed by atoms with Crippen molar-refractivity contribution in [3.8, 4) is 67.5 Å². The van der Waals surface area contributed by atoms with Gasteiger partial charge in [0.25, 0.3) is 0 Å². The Morgan fingerprint density at radius 2 is 0.704 bits per heavy atom. The summed E-state index contributed by atoms with van der Waals surface area (Å²) in [5.74, 6) is -1.04. The van der Waals surface area contributed by atoms with Crippen LogP contribution in [0.15, 0.2) is 200 Å². The number of fused-ring (bicyclic) bond motifs is 3. The van der Waals surface area contributed by atoms with Crippen molar-refractivity contribution >= 4 is 32.3 Å². The Morgan fingerprint density at radius 1 is 0.278 bits per heavy atom. The van der Waals surface area contributed by atoms with Gasteiger partial charge >= 0.3 is 0 Å². The Bertz CT molecular complexity index is 3690. The Labute approximate surface area is 333 Å². The smallest absolute Gasteiger partial charge is 0.164 e. The van der Waals surface area contributed by atoms with E-state index in [0.29, 0.717) is 10.9 Å². The van der Waals surface area contributed by atoms with E-state index in [1.54, 1.807) is 6.07 Å². The van der Waals surface area contributed by atoms with Crippen molar-refractivity contribution in [3.63, 3.8) is 0 Å². The maximum absolute atomic E-state index is 9.24. The third kappa shape index (κ3) is 5.42. The van der Waals surface area contributed by atoms with Crippen molar-refractivity contribution in [2.24, 2.45) is 0 Å². The third-order valence-corrected chi connectivity index (χ3v) is 9.45. The highest BCUT2D eigenvalue weighted by atomic mass is 15.0. The summed E-state index contributed by atoms with van der Waals surface area (Å²) in [6, 6.07) is 27.8. The summed E-state index contributed by atoms with van der Waals surface area (Å²) < 4.78 is 122. The van der Waals surface area contributed by atoms with Gasteiger partial charge in [0.1, 0.15) is 0 Å². The number of nitrogens with zero attached hydrogens (tertiary/aromatic N) is 3. The number of aromatic nitrogens is 3. The van der Waals surface area contributed by atoms with E-state index in [1.807, 2.05) is 72.8 Å². The van der Waals surface area contributed by atoms with Crippen LogP contribution in [0, 0.1) is 0 Å². The average molecular weight is 702 g/mol. The highest BCUT2D eigenvalue weighted by Gasteiger charge is 2.21. The van der Waals surface area contributed by atoms with E-state index in [4.69, 9.17) is 27.8 Å². The van der Waals surface area contributed by atoms with E-state index < -0.39 is 118 Å². The van der Waals surface area contributed by atoms with Crippen LogP contribution in [0.1, 0.15) is 19.2 Å². The van der Waals surface area contributed by atoms with Crippen LogP contribution in [-0.2, 0) is 0 Å². The van der Waals surface area contributed by atoms with Crippen molar-refractivity contribution in [2.45, 2.75) is 0 Å². The highest BCUT2D eigenvalue weighted by molar-refractivity contribution is 6.24. The first kappa shape index (κ1) is 20.1. The molecule has 1 heterocycles. The summed E-state index contributed by atoms with van der Waals surface area (Å²) in [7, 11) is 0. The van der Waals surface area contributed by atoms with Gasteiger partial charge in [0.05, 0.1) is 19.2 Å². The third-order valence-electron chi connectivity index (χ3n) is 9.45. The van der Waals surface area contributed by atoms with Crippen molar-refractivity contribution < 1.29 is 19.2 Å². The maximum Gasteiger partial charge on any atom is 0.164 e. The minimum absolute atomic E-state index is 0.117. The zero-order valence-corrected chi connectivity index (χ0v) is 28.3. The van der Waals surface area contributed by atoms with Gasteiger partial charge in [0.15, 0.2) is 17.5 Å². The van der Waals surface area contributed by atoms with Crippen LogP contribution >= 0.6 is 0 Å². The highest BCUT2D eigenvalue weighted by Crippen LogP contribution is 2.46. The quantitative estimate of drug-likeness (QED) is 0.162. The molecule has 3 heteroatoms. The first-order valence-electron chi connectivity index (χ1n) is 24.1. The minimum atomic E-state index is -0.765. The molecule has 10 aromatic rings. The van der Waals surface area contributed by atoms with Crippen LogP contribution in [-0.4, -0.2) is 15.0 Å². The molecule has 0 radical (unpaired) electrons. The van der Waals surface area contributed by atoms with Gasteiger partial charge in [-0.1, -0.05) is 194 Å². The molecule has 0 aliphatic heterocycles. The second-order valence-corrected chi connectivity index (χ2v) is 12.5. The molecule has 3 nitrogen and oxygen atoms in total. The minimum Gasteiger partial charge on any atom is -0.208 e. The molecule has 0 N–H and O–H groups in total. The monoisotopic (exact) mass is 701 g/mol. The molecule has 0 aliphatic carbocycles. The van der Waals surface area contributed by atoms with Gasteiger partial charge < -0.3 is 0 Å². The van der Waals surface area contributed by atoms with Crippen LogP contribution in [0.25, 0.3) is 99.9 Å². The van der Waals surface area contributed by atoms with Gasteiger partial charge in [0, 0.05) is 16.7 Å². The summed E-state index contributed by atoms with van der Waals surface area (Å²) >= 11 is 0. The average Bonchev–Trinajstić information content (AvgIpc) is 3.36. The number of hydrogen-bond donors (Lipinski definition) is 0. The topological polar surface area (TPSA) is 38.7 Å². The molecule has 0 aliphatic rings. The van der Waals surface area contributed by atoms with E-state index in [1.165, 1.54) is 0 Å². The molecule has 9 aromatic carbocycles. The van der Waals surface area contributed by atoms with E-state index in [9.17, 15) is 1.37 Å². The summed E-state index contributed by atoms with van der Waals surface area (Å²) in [5.41, 5.74) is 2.39. The lowest BCUT2D eigenvalue weighted by Gasteiger charge is -2.19. The fraction of sp³-hybridized carbons (Fsp3) is 0. The lowest BCUT2D eigenvalue weighted by Crippen LogP contribution is -2.01. The van der Waals surface area contributed by atoms with E-state index in [-0.39, 0.29) is 5.82 Å². The number of rotatable bonds is 6. The molecule has 0 fully saturated rings. The molecular formula is C51H33N3. The Hall–Kier alpha value is -7.23. The molecule has 10 rings (SSSR count). The SMILES string of the molecule is [2H]c1c([2H])c([2H])c(-c2nc(-c3c([2H])c([2H])c([2H])c([2H])c3-c3c([2H])c([2H])c([2H])c([2H])c3[2H])nc(-c3ccc(-c4c5ccccc5c(-c5ccccc5)c5ccccc45)c4ccccc34)n2)c([2H])c1[2H]. The molecular weight excluding hydrogens is 655 g/mol. The lowest BCUT2D eigenvalue weighted by atomic mass is 9.84. The maximum atomic E-state index is 9.24. The molecule has 252 valence electrons. The fourth-order valence-corrected chi connectivity index (χ4v) is 7.17. The molecule has 0 unspecified atom stereocenters. The largest absolute Gasteiger partial charge is 0.208 e. The zero-order chi connectivity index (χ0) is 48.0. The van der Waals surface area contributed by atoms with Gasteiger partial charge in [-0.15, -0.1) is 0 Å². The molecule has 54 heavy (non-hydrogen) atoms. The van der Waals surface area contributed by atoms with Gasteiger partial charge in [-0.05, 0) is 71.8 Å². The molecule has 0 saturated heterocycles. The summed E-state index contributed by atoms with van der Waals surface area (Å²) in [6.45, 7) is 0. The van der Waals surface area contributed by atoms with Gasteiger partial charge in [0.2, 0.25) is 0 Å². The van der Waals surface area contributed by atoms with E-state index >= 15 is 0 Å². The van der Waals surface area contributed by atoms with Crippen molar-refractivity contribution in [2.75, 3.05) is 0 Å². The van der Waals surface area contributed by atoms with Crippen LogP contribution in [0.4, 0.5) is 0 Å². The van der Waals surface area contributed by atoms with Crippen LogP contribution in [0.5, 0.6) is 0 Å². The van der Waals surface area contributed by atoms with Crippen molar-refractivity contribution in [3.05, 3.63) is 200 Å². The molecule has 0 atom stereocenters. The van der Waals surface area contributed by atoms with Crippen molar-refractivity contribution in [1.29, 1.82) is 0 Å². The van der Waals surface area contributed by atoms with Gasteiger partial charge in [-0.3, -0.25) is 0 Å². The first-order chi connectivity index (χ1) is 32.6. The van der Waals surface area contributed by atoms with Crippen LogP contribution in [0.2, 0.25) is 0 Å². The van der Waals surface area contributed by atoms with Crippen LogP contribution < -0.4 is 0 Å². The molecule has 0 bridgehead atoms. The Kier molecular flexibility index (Phi) is 4.99. The van der Waals surface area contributed by atoms with Crippen LogP contribution in [0.3, 0.4) is 0 Å². The predicted octanol–water partition coefficient (Wildman–Crippen LogP) is 13.3. The standard InChI is InChI=1S/C51H33N3/c1-4-18-34(19-5-1)37-24-10-17-31-45(37)50-52-49(36-22-8-3-9-23-36)53-51(54-50)46-33-32-44(38-25-11-12-26-39(38)46)48-42-29-15-13-27-40(42)47(35-20-6-2-7-21-35)41-28-14-16-30-43(41)48/h1-33H/i1D,3D,4D,5D,8D,9D,10D,17D,18D,19D,22D,23D,24D,31D. The first-order valence-corrected chi connectivity index (χ1v) is 17.1. The number of benzene rings is 9. The summed E-state index contributed by atoms with van der Waals surface area (Å²) in [6.07, 6.45) is 0. The lowest BCUT2D eigenvalue weighted by molar-refractivity contribution is 1.08. The second-order valence-electron chi connectivity index (χ2n) is 12.5. The van der Waals surface area contributed by atoms with E-state index in [2.05, 4.69) is 41.4 Å². The molecule has 0 spiro atoms. The second kappa shape index (κ2) is 13.4. The van der Waals surface area contributed by atoms with Crippen molar-refractivity contribution in [1.82, 2.24) is 15.0 Å². The number of hydrogen-bond acceptors (Lipinski definition) is 3.